The van der Waals surface area contributed by atoms with Gasteiger partial charge in [-0.3, -0.25) is 0 Å². The Morgan fingerprint density at radius 3 is 2.94 bits per heavy atom. The molecule has 3 aliphatic rings. The van der Waals surface area contributed by atoms with Gasteiger partial charge in [-0.1, -0.05) is 6.42 Å². The average molecular weight is 261 g/mol. The Bertz CT molecular complexity index is 428. The molecule has 0 radical (unpaired) electrons. The monoisotopic (exact) mass is 261 g/mol. The first kappa shape index (κ1) is 11.5. The lowest BCUT2D eigenvalue weighted by Crippen LogP contribution is -2.18. The minimum atomic E-state index is 0.324. The maximum atomic E-state index is 6.48. The number of nitrogens with two attached hydrogens (primary N) is 1. The Kier molecular flexibility index (Phi) is 2.77. The first-order chi connectivity index (χ1) is 8.79. The lowest BCUT2D eigenvalue weighted by molar-refractivity contribution is 0.297. The van der Waals surface area contributed by atoms with Crippen molar-refractivity contribution >= 4 is 11.3 Å². The fourth-order valence-electron chi connectivity index (χ4n) is 4.64. The van der Waals surface area contributed by atoms with E-state index in [1.165, 1.54) is 56.2 Å². The minimum Gasteiger partial charge on any atom is -0.323 e. The zero-order chi connectivity index (χ0) is 12.1. The van der Waals surface area contributed by atoms with E-state index in [1.54, 1.807) is 10.4 Å². The van der Waals surface area contributed by atoms with Gasteiger partial charge in [0.05, 0.1) is 0 Å². The van der Waals surface area contributed by atoms with E-state index in [2.05, 4.69) is 6.07 Å². The van der Waals surface area contributed by atoms with Gasteiger partial charge < -0.3 is 5.73 Å². The second-order valence-corrected chi connectivity index (χ2v) is 7.90. The van der Waals surface area contributed by atoms with Crippen LogP contribution in [0.25, 0.3) is 0 Å². The number of hydrogen-bond acceptors (Lipinski definition) is 2. The second-order valence-electron chi connectivity index (χ2n) is 6.73. The summed E-state index contributed by atoms with van der Waals surface area (Å²) in [6, 6.07) is 2.75. The summed E-state index contributed by atoms with van der Waals surface area (Å²) in [6.07, 6.45) is 11.2. The lowest BCUT2D eigenvalue weighted by atomic mass is 9.84. The molecule has 1 aromatic rings. The van der Waals surface area contributed by atoms with Crippen LogP contribution in [0.2, 0.25) is 0 Å². The van der Waals surface area contributed by atoms with Crippen LogP contribution in [-0.2, 0) is 12.8 Å². The van der Waals surface area contributed by atoms with Crippen LogP contribution in [0.1, 0.15) is 59.9 Å². The van der Waals surface area contributed by atoms with E-state index in [1.807, 2.05) is 11.3 Å². The molecule has 0 spiro atoms. The van der Waals surface area contributed by atoms with E-state index in [0.717, 1.165) is 17.8 Å². The molecule has 3 aliphatic carbocycles. The van der Waals surface area contributed by atoms with Crippen molar-refractivity contribution in [3.63, 3.8) is 0 Å². The zero-order valence-corrected chi connectivity index (χ0v) is 11.8. The molecule has 1 nitrogen and oxygen atoms in total. The second kappa shape index (κ2) is 4.35. The van der Waals surface area contributed by atoms with Gasteiger partial charge in [0.25, 0.3) is 0 Å². The van der Waals surface area contributed by atoms with E-state index in [0.29, 0.717) is 6.04 Å². The zero-order valence-electron chi connectivity index (χ0n) is 11.0. The average Bonchev–Trinajstić information content (AvgIpc) is 3.08. The third-order valence-electron chi connectivity index (χ3n) is 5.57. The summed E-state index contributed by atoms with van der Waals surface area (Å²) in [7, 11) is 0. The number of hydrogen-bond donors (Lipinski definition) is 1. The van der Waals surface area contributed by atoms with Gasteiger partial charge in [-0.15, -0.1) is 11.3 Å². The Balaban J connectivity index is 1.45. The fraction of sp³-hybridized carbons (Fsp3) is 0.750. The highest BCUT2D eigenvalue weighted by atomic mass is 32.1. The van der Waals surface area contributed by atoms with Crippen molar-refractivity contribution in [2.45, 2.75) is 57.4 Å². The van der Waals surface area contributed by atoms with Crippen molar-refractivity contribution in [1.82, 2.24) is 0 Å². The van der Waals surface area contributed by atoms with Crippen molar-refractivity contribution in [2.24, 2.45) is 23.5 Å². The van der Waals surface area contributed by atoms with E-state index < -0.39 is 0 Å². The fourth-order valence-corrected chi connectivity index (χ4v) is 5.91. The van der Waals surface area contributed by atoms with Gasteiger partial charge in [-0.2, -0.15) is 0 Å². The number of rotatable bonds is 3. The molecule has 0 aromatic carbocycles. The molecule has 2 bridgehead atoms. The van der Waals surface area contributed by atoms with Crippen molar-refractivity contribution in [3.8, 4) is 0 Å². The highest BCUT2D eigenvalue weighted by molar-refractivity contribution is 7.12. The summed E-state index contributed by atoms with van der Waals surface area (Å²) in [5, 5.41) is 0. The quantitative estimate of drug-likeness (QED) is 0.872. The third kappa shape index (κ3) is 1.85. The van der Waals surface area contributed by atoms with Gasteiger partial charge in [-0.05, 0) is 74.3 Å². The van der Waals surface area contributed by atoms with E-state index in [4.69, 9.17) is 5.73 Å². The van der Waals surface area contributed by atoms with E-state index in [9.17, 15) is 0 Å². The number of aryl methyl sites for hydroxylation is 2. The summed E-state index contributed by atoms with van der Waals surface area (Å²) in [4.78, 5) is 3.11. The third-order valence-corrected chi connectivity index (χ3v) is 6.94. The Morgan fingerprint density at radius 2 is 2.22 bits per heavy atom. The Morgan fingerprint density at radius 1 is 1.28 bits per heavy atom. The molecule has 2 heteroatoms. The molecular weight excluding hydrogens is 238 g/mol. The van der Waals surface area contributed by atoms with E-state index in [-0.39, 0.29) is 0 Å². The van der Waals surface area contributed by atoms with Crippen molar-refractivity contribution < 1.29 is 0 Å². The van der Waals surface area contributed by atoms with Crippen LogP contribution in [-0.4, -0.2) is 0 Å². The molecule has 0 saturated heterocycles. The summed E-state index contributed by atoms with van der Waals surface area (Å²) in [5.74, 6) is 3.02. The highest BCUT2D eigenvalue weighted by Crippen LogP contribution is 2.51. The van der Waals surface area contributed by atoms with Gasteiger partial charge in [0.2, 0.25) is 0 Å². The van der Waals surface area contributed by atoms with Crippen molar-refractivity contribution in [3.05, 3.63) is 21.4 Å². The van der Waals surface area contributed by atoms with E-state index >= 15 is 0 Å². The van der Waals surface area contributed by atoms with Crippen LogP contribution >= 0.6 is 11.3 Å². The molecule has 2 N–H and O–H groups in total. The maximum Gasteiger partial charge on any atom is 0.0392 e. The molecule has 2 fully saturated rings. The Hall–Kier alpha value is -0.340. The molecule has 4 rings (SSSR count). The number of thiophene rings is 1. The summed E-state index contributed by atoms with van der Waals surface area (Å²) < 4.78 is 0. The summed E-state index contributed by atoms with van der Waals surface area (Å²) >= 11 is 2.01. The Labute approximate surface area is 114 Å². The first-order valence-electron chi connectivity index (χ1n) is 7.66. The standard InChI is InChI=1S/C16H23NS/c17-14(8-13-7-10-4-5-11(13)6-10)16-9-12-2-1-3-15(12)18-16/h9-11,13-14H,1-8,17H2. The van der Waals surface area contributed by atoms with Crippen LogP contribution in [0.5, 0.6) is 0 Å². The molecule has 4 atom stereocenters. The van der Waals surface area contributed by atoms with Crippen LogP contribution < -0.4 is 5.73 Å². The molecular formula is C16H23NS. The van der Waals surface area contributed by atoms with Gasteiger partial charge in [0.1, 0.15) is 0 Å². The normalized spacial score (nSPS) is 35.1. The molecule has 0 aliphatic heterocycles. The maximum absolute atomic E-state index is 6.48. The molecule has 98 valence electrons. The molecule has 4 unspecified atom stereocenters. The van der Waals surface area contributed by atoms with Crippen LogP contribution in [0.15, 0.2) is 6.07 Å². The molecule has 1 aromatic heterocycles. The van der Waals surface area contributed by atoms with Crippen molar-refractivity contribution in [2.75, 3.05) is 0 Å². The van der Waals surface area contributed by atoms with Crippen molar-refractivity contribution in [1.29, 1.82) is 0 Å². The lowest BCUT2D eigenvalue weighted by Gasteiger charge is -2.24. The van der Waals surface area contributed by atoms with Crippen LogP contribution in [0.4, 0.5) is 0 Å². The number of fused-ring (bicyclic) bond motifs is 3. The topological polar surface area (TPSA) is 26.0 Å². The highest BCUT2D eigenvalue weighted by Gasteiger charge is 2.40. The molecule has 2 saturated carbocycles. The van der Waals surface area contributed by atoms with Gasteiger partial charge in [0, 0.05) is 15.8 Å². The summed E-state index contributed by atoms with van der Waals surface area (Å²) in [5.41, 5.74) is 8.09. The smallest absolute Gasteiger partial charge is 0.0392 e. The van der Waals surface area contributed by atoms with Crippen LogP contribution in [0.3, 0.4) is 0 Å². The minimum absolute atomic E-state index is 0.324. The first-order valence-corrected chi connectivity index (χ1v) is 8.48. The molecule has 1 heterocycles. The van der Waals surface area contributed by atoms with Gasteiger partial charge >= 0.3 is 0 Å². The largest absolute Gasteiger partial charge is 0.323 e. The predicted octanol–water partition coefficient (Wildman–Crippen LogP) is 4.06. The van der Waals surface area contributed by atoms with Crippen LogP contribution in [0, 0.1) is 17.8 Å². The van der Waals surface area contributed by atoms with Gasteiger partial charge in [0.15, 0.2) is 0 Å². The van der Waals surface area contributed by atoms with Gasteiger partial charge in [-0.25, -0.2) is 0 Å². The predicted molar refractivity (Wildman–Crippen MR) is 76.8 cm³/mol. The molecule has 18 heavy (non-hydrogen) atoms. The molecule has 0 amide bonds. The summed E-state index contributed by atoms with van der Waals surface area (Å²) in [6.45, 7) is 0. The SMILES string of the molecule is NC(CC1CC2CCC1C2)c1cc2c(s1)CCC2.